The number of ether oxygens (including phenoxy) is 1. The Labute approximate surface area is 193 Å². The zero-order chi connectivity index (χ0) is 23.4. The first-order chi connectivity index (χ1) is 16.0. The third kappa shape index (κ3) is 4.53. The molecule has 0 unspecified atom stereocenters. The van der Waals surface area contributed by atoms with Crippen LogP contribution in [0.5, 0.6) is 5.75 Å². The minimum atomic E-state index is -0.309. The number of nitrogens with zero attached hydrogens (tertiary/aromatic N) is 2. The van der Waals surface area contributed by atoms with Crippen molar-refractivity contribution in [2.45, 2.75) is 33.1 Å². The van der Waals surface area contributed by atoms with E-state index in [0.29, 0.717) is 30.0 Å². The first kappa shape index (κ1) is 22.3. The number of benzene rings is 2. The molecule has 0 bridgehead atoms. The maximum Gasteiger partial charge on any atom is 0.294 e. The number of hydrogen-bond acceptors (Lipinski definition) is 5. The Kier molecular flexibility index (Phi) is 6.58. The first-order valence-corrected chi connectivity index (χ1v) is 11.0. The number of hydrazone groups is 1. The maximum absolute atomic E-state index is 13.3. The van der Waals surface area contributed by atoms with E-state index in [9.17, 15) is 9.59 Å². The monoisotopic (exact) mass is 445 g/mol. The summed E-state index contributed by atoms with van der Waals surface area (Å²) in [4.78, 5) is 27.6. The molecule has 2 amide bonds. The third-order valence-corrected chi connectivity index (χ3v) is 5.79. The van der Waals surface area contributed by atoms with Gasteiger partial charge in [0.2, 0.25) is 0 Å². The van der Waals surface area contributed by atoms with E-state index in [2.05, 4.69) is 10.5 Å². The molecule has 0 saturated heterocycles. The molecule has 3 aromatic rings. The Morgan fingerprint density at radius 1 is 1.09 bits per heavy atom. The fraction of sp³-hybridized carbons (Fsp3) is 0.269. The molecular weight excluding hydrogens is 418 g/mol. The van der Waals surface area contributed by atoms with E-state index in [1.165, 1.54) is 0 Å². The van der Waals surface area contributed by atoms with Gasteiger partial charge < -0.3 is 14.1 Å². The topological polar surface area (TPSA) is 84.1 Å². The highest BCUT2D eigenvalue weighted by molar-refractivity contribution is 6.10. The molecule has 0 aliphatic heterocycles. The number of hydrogen-bond donors (Lipinski definition) is 1. The number of fused-ring (bicyclic) bond motifs is 1. The number of carbonyl (C=O) groups is 2. The lowest BCUT2D eigenvalue weighted by atomic mass is 9.93. The zero-order valence-corrected chi connectivity index (χ0v) is 19.1. The molecule has 1 aliphatic rings. The summed E-state index contributed by atoms with van der Waals surface area (Å²) in [6, 6.07) is 16.4. The van der Waals surface area contributed by atoms with Crippen molar-refractivity contribution in [1.29, 1.82) is 0 Å². The summed E-state index contributed by atoms with van der Waals surface area (Å²) in [5, 5.41) is 4.40. The fourth-order valence-electron chi connectivity index (χ4n) is 4.08. The molecule has 1 heterocycles. The van der Waals surface area contributed by atoms with Gasteiger partial charge in [0, 0.05) is 35.3 Å². The molecule has 4 rings (SSSR count). The zero-order valence-electron chi connectivity index (χ0n) is 19.1. The van der Waals surface area contributed by atoms with Crippen molar-refractivity contribution >= 4 is 23.2 Å². The molecule has 2 aromatic carbocycles. The van der Waals surface area contributed by atoms with Crippen molar-refractivity contribution in [1.82, 2.24) is 5.43 Å². The maximum atomic E-state index is 13.3. The fourth-order valence-corrected chi connectivity index (χ4v) is 4.08. The van der Waals surface area contributed by atoms with Crippen LogP contribution in [0.4, 0.5) is 5.69 Å². The molecule has 0 atom stereocenters. The van der Waals surface area contributed by atoms with E-state index in [-0.39, 0.29) is 11.8 Å². The highest BCUT2D eigenvalue weighted by atomic mass is 16.5. The van der Waals surface area contributed by atoms with Gasteiger partial charge in [0.1, 0.15) is 11.5 Å². The molecule has 1 N–H and O–H groups in total. The van der Waals surface area contributed by atoms with Crippen LogP contribution >= 0.6 is 0 Å². The standard InChI is InChI=1S/C26H27N3O4/c1-4-29(19-9-6-5-7-10-19)26(31)24-17(2)23-21(11-8-12-22(23)33-24)27-28-25(30)18-13-15-20(32-3)16-14-18/h5-7,9-10,13-16H,4,8,11-12H2,1-3H3,(H,28,30)/b27-21+. The van der Waals surface area contributed by atoms with Crippen LogP contribution in [-0.4, -0.2) is 31.2 Å². The molecule has 0 radical (unpaired) electrons. The normalized spacial score (nSPS) is 14.0. The van der Waals surface area contributed by atoms with Gasteiger partial charge in [-0.05, 0) is 63.1 Å². The lowest BCUT2D eigenvalue weighted by Crippen LogP contribution is -2.30. The van der Waals surface area contributed by atoms with Crippen molar-refractivity contribution in [2.24, 2.45) is 5.10 Å². The summed E-state index contributed by atoms with van der Waals surface area (Å²) in [5.74, 6) is 1.25. The molecule has 0 saturated carbocycles. The summed E-state index contributed by atoms with van der Waals surface area (Å²) >= 11 is 0. The number of aryl methyl sites for hydroxylation is 1. The second-order valence-electron chi connectivity index (χ2n) is 7.82. The molecule has 7 heteroatoms. The molecule has 0 spiro atoms. The summed E-state index contributed by atoms with van der Waals surface area (Å²) < 4.78 is 11.2. The molecule has 170 valence electrons. The van der Waals surface area contributed by atoms with Crippen LogP contribution < -0.4 is 15.1 Å². The Balaban J connectivity index is 1.59. The van der Waals surface area contributed by atoms with Gasteiger partial charge in [0.15, 0.2) is 5.76 Å². The molecule has 0 fully saturated rings. The minimum Gasteiger partial charge on any atom is -0.497 e. The average Bonchev–Trinajstić information content (AvgIpc) is 3.20. The van der Waals surface area contributed by atoms with E-state index < -0.39 is 0 Å². The van der Waals surface area contributed by atoms with Gasteiger partial charge >= 0.3 is 0 Å². The summed E-state index contributed by atoms with van der Waals surface area (Å²) in [6.45, 7) is 4.33. The van der Waals surface area contributed by atoms with E-state index in [4.69, 9.17) is 9.15 Å². The van der Waals surface area contributed by atoms with Gasteiger partial charge in [0.05, 0.1) is 12.8 Å². The largest absolute Gasteiger partial charge is 0.497 e. The van der Waals surface area contributed by atoms with Crippen molar-refractivity contribution < 1.29 is 18.7 Å². The third-order valence-electron chi connectivity index (χ3n) is 5.79. The van der Waals surface area contributed by atoms with E-state index in [1.54, 1.807) is 36.3 Å². The van der Waals surface area contributed by atoms with Crippen LogP contribution in [0.25, 0.3) is 0 Å². The second kappa shape index (κ2) is 9.73. The Morgan fingerprint density at radius 3 is 2.48 bits per heavy atom. The number of para-hydroxylation sites is 1. The van der Waals surface area contributed by atoms with Crippen LogP contribution in [0, 0.1) is 6.92 Å². The number of methoxy groups -OCH3 is 1. The summed E-state index contributed by atoms with van der Waals surface area (Å²) in [7, 11) is 1.58. The molecular formula is C26H27N3O4. The van der Waals surface area contributed by atoms with Gasteiger partial charge in [-0.2, -0.15) is 5.10 Å². The molecule has 1 aliphatic carbocycles. The van der Waals surface area contributed by atoms with Crippen LogP contribution in [0.2, 0.25) is 0 Å². The van der Waals surface area contributed by atoms with Crippen LogP contribution in [0.15, 0.2) is 64.1 Å². The van der Waals surface area contributed by atoms with Crippen LogP contribution in [0.3, 0.4) is 0 Å². The van der Waals surface area contributed by atoms with Gasteiger partial charge in [-0.3, -0.25) is 9.59 Å². The van der Waals surface area contributed by atoms with E-state index in [0.717, 1.165) is 41.1 Å². The second-order valence-corrected chi connectivity index (χ2v) is 7.82. The Bertz CT molecular complexity index is 1180. The van der Waals surface area contributed by atoms with Crippen LogP contribution in [0.1, 0.15) is 57.6 Å². The number of furan rings is 1. The highest BCUT2D eigenvalue weighted by Crippen LogP contribution is 2.31. The predicted octanol–water partition coefficient (Wildman–Crippen LogP) is 4.73. The molecule has 7 nitrogen and oxygen atoms in total. The average molecular weight is 446 g/mol. The number of nitrogens with one attached hydrogen (secondary N) is 1. The van der Waals surface area contributed by atoms with Gasteiger partial charge in [0.25, 0.3) is 11.8 Å². The smallest absolute Gasteiger partial charge is 0.294 e. The lowest BCUT2D eigenvalue weighted by molar-refractivity contribution is 0.0949. The highest BCUT2D eigenvalue weighted by Gasteiger charge is 2.30. The van der Waals surface area contributed by atoms with E-state index >= 15 is 0 Å². The summed E-state index contributed by atoms with van der Waals surface area (Å²) in [6.07, 6.45) is 2.26. The number of carbonyl (C=O) groups excluding carboxylic acids is 2. The van der Waals surface area contributed by atoms with Crippen LogP contribution in [-0.2, 0) is 6.42 Å². The van der Waals surface area contributed by atoms with Crippen molar-refractivity contribution in [3.8, 4) is 5.75 Å². The summed E-state index contributed by atoms with van der Waals surface area (Å²) in [5.41, 5.74) is 6.24. The van der Waals surface area contributed by atoms with Crippen molar-refractivity contribution in [3.05, 3.63) is 82.8 Å². The Hall–Kier alpha value is -3.87. The lowest BCUT2D eigenvalue weighted by Gasteiger charge is -2.20. The van der Waals surface area contributed by atoms with Crippen molar-refractivity contribution in [2.75, 3.05) is 18.6 Å². The molecule has 1 aromatic heterocycles. The van der Waals surface area contributed by atoms with Crippen molar-refractivity contribution in [3.63, 3.8) is 0 Å². The number of amides is 2. The van der Waals surface area contributed by atoms with Gasteiger partial charge in [-0.15, -0.1) is 0 Å². The first-order valence-electron chi connectivity index (χ1n) is 11.0. The minimum absolute atomic E-state index is 0.183. The predicted molar refractivity (Wildman–Crippen MR) is 127 cm³/mol. The Morgan fingerprint density at radius 2 is 1.82 bits per heavy atom. The molecule has 33 heavy (non-hydrogen) atoms. The quantitative estimate of drug-likeness (QED) is 0.556. The SMILES string of the molecule is CCN(C(=O)c1oc2c(c1C)/C(=N/NC(=O)c1ccc(OC)cc1)CCC2)c1ccccc1. The van der Waals surface area contributed by atoms with Gasteiger partial charge in [-0.25, -0.2) is 5.43 Å². The number of anilines is 1. The van der Waals surface area contributed by atoms with Gasteiger partial charge in [-0.1, -0.05) is 18.2 Å². The van der Waals surface area contributed by atoms with E-state index in [1.807, 2.05) is 44.2 Å². The number of rotatable bonds is 6.